The summed E-state index contributed by atoms with van der Waals surface area (Å²) in [4.78, 5) is 47.6. The number of H-pyrrole nitrogens is 1. The molecule has 208 valence electrons. The zero-order valence-electron chi connectivity index (χ0n) is 22.0. The molecule has 2 atom stereocenters. The van der Waals surface area contributed by atoms with Gasteiger partial charge in [0.25, 0.3) is 11.8 Å². The highest BCUT2D eigenvalue weighted by molar-refractivity contribution is 6.30. The van der Waals surface area contributed by atoms with E-state index in [2.05, 4.69) is 20.5 Å². The largest absolute Gasteiger partial charge is 0.494 e. The van der Waals surface area contributed by atoms with Crippen molar-refractivity contribution < 1.29 is 19.1 Å². The average molecular weight is 563 g/mol. The molecule has 0 unspecified atom stereocenters. The van der Waals surface area contributed by atoms with Crippen molar-refractivity contribution in [2.45, 2.75) is 31.1 Å². The van der Waals surface area contributed by atoms with Crippen LogP contribution in [0.2, 0.25) is 5.02 Å². The summed E-state index contributed by atoms with van der Waals surface area (Å²) in [6.07, 6.45) is 4.31. The fourth-order valence-corrected chi connectivity index (χ4v) is 5.60. The third kappa shape index (κ3) is 5.67. The van der Waals surface area contributed by atoms with Crippen molar-refractivity contribution in [3.63, 3.8) is 0 Å². The summed E-state index contributed by atoms with van der Waals surface area (Å²) in [6, 6.07) is 12.8. The molecule has 1 saturated heterocycles. The molecule has 3 aromatic rings. The average Bonchev–Trinajstić information content (AvgIpc) is 3.52. The molecule has 0 radical (unpaired) electrons. The summed E-state index contributed by atoms with van der Waals surface area (Å²) in [6.45, 7) is 2.18. The Morgan fingerprint density at radius 2 is 1.80 bits per heavy atom. The van der Waals surface area contributed by atoms with Gasteiger partial charge in [-0.1, -0.05) is 23.7 Å². The SMILES string of the molecule is O=C1NCCN(C(=O)c2cc(C3CC3)[nH]n2)CCCOc2cccc(c2)[C@H]2CN(C(=O)c3ccc(Cl)cn3)C[C@H]12. The number of nitrogens with zero attached hydrogens (tertiary/aromatic N) is 4. The van der Waals surface area contributed by atoms with Crippen LogP contribution in [0.25, 0.3) is 0 Å². The maximum Gasteiger partial charge on any atom is 0.274 e. The topological polar surface area (TPSA) is 121 Å². The Morgan fingerprint density at radius 1 is 0.975 bits per heavy atom. The van der Waals surface area contributed by atoms with Gasteiger partial charge in [-0.3, -0.25) is 19.5 Å². The fourth-order valence-electron chi connectivity index (χ4n) is 5.49. The van der Waals surface area contributed by atoms with Gasteiger partial charge in [-0.05, 0) is 55.2 Å². The summed E-state index contributed by atoms with van der Waals surface area (Å²) in [5.41, 5.74) is 2.62. The van der Waals surface area contributed by atoms with Crippen LogP contribution in [-0.4, -0.2) is 82.0 Å². The third-order valence-corrected chi connectivity index (χ3v) is 8.04. The molecular formula is C29H31ClN6O4. The lowest BCUT2D eigenvalue weighted by atomic mass is 9.88. The number of likely N-dealkylation sites (tertiary alicyclic amines) is 1. The highest BCUT2D eigenvalue weighted by Crippen LogP contribution is 2.39. The van der Waals surface area contributed by atoms with E-state index in [0.29, 0.717) is 61.6 Å². The zero-order valence-corrected chi connectivity index (χ0v) is 22.8. The van der Waals surface area contributed by atoms with Gasteiger partial charge in [-0.15, -0.1) is 0 Å². The molecule has 2 aliphatic heterocycles. The van der Waals surface area contributed by atoms with Gasteiger partial charge in [-0.2, -0.15) is 5.10 Å². The number of aromatic nitrogens is 3. The molecular weight excluding hydrogens is 532 g/mol. The molecule has 0 spiro atoms. The molecule has 2 fully saturated rings. The lowest BCUT2D eigenvalue weighted by Gasteiger charge is -2.24. The van der Waals surface area contributed by atoms with Crippen LogP contribution in [0.5, 0.6) is 5.75 Å². The first-order valence-corrected chi connectivity index (χ1v) is 14.1. The second-order valence-electron chi connectivity index (χ2n) is 10.6. The van der Waals surface area contributed by atoms with Crippen molar-refractivity contribution in [1.82, 2.24) is 30.3 Å². The quantitative estimate of drug-likeness (QED) is 0.506. The number of rotatable bonds is 3. The minimum atomic E-state index is -0.467. The maximum atomic E-state index is 13.5. The number of hydrogen-bond donors (Lipinski definition) is 2. The minimum Gasteiger partial charge on any atom is -0.494 e. The van der Waals surface area contributed by atoms with Gasteiger partial charge in [0.2, 0.25) is 5.91 Å². The number of fused-ring (bicyclic) bond motifs is 4. The van der Waals surface area contributed by atoms with Crippen LogP contribution in [0.3, 0.4) is 0 Å². The molecule has 3 aliphatic rings. The molecule has 10 nitrogen and oxygen atoms in total. The summed E-state index contributed by atoms with van der Waals surface area (Å²) >= 11 is 5.95. The van der Waals surface area contributed by atoms with Crippen molar-refractivity contribution in [3.05, 3.63) is 76.3 Å². The minimum absolute atomic E-state index is 0.157. The van der Waals surface area contributed by atoms with Gasteiger partial charge in [0.05, 0.1) is 17.5 Å². The Bertz CT molecular complexity index is 1410. The summed E-state index contributed by atoms with van der Waals surface area (Å²) < 4.78 is 6.04. The Labute approximate surface area is 237 Å². The lowest BCUT2D eigenvalue weighted by molar-refractivity contribution is -0.125. The van der Waals surface area contributed by atoms with Gasteiger partial charge >= 0.3 is 0 Å². The van der Waals surface area contributed by atoms with Crippen LogP contribution in [-0.2, 0) is 4.79 Å². The van der Waals surface area contributed by atoms with E-state index in [0.717, 1.165) is 24.1 Å². The molecule has 3 amide bonds. The number of pyridine rings is 1. The Kier molecular flexibility index (Phi) is 7.42. The number of carbonyl (C=O) groups excluding carboxylic acids is 3. The number of halogens is 1. The molecule has 6 rings (SSSR count). The number of ether oxygens (including phenoxy) is 1. The number of carbonyl (C=O) groups is 3. The van der Waals surface area contributed by atoms with Gasteiger partial charge in [-0.25, -0.2) is 4.98 Å². The smallest absolute Gasteiger partial charge is 0.274 e. The van der Waals surface area contributed by atoms with E-state index in [1.807, 2.05) is 30.3 Å². The first-order valence-electron chi connectivity index (χ1n) is 13.7. The molecule has 2 bridgehead atoms. The highest BCUT2D eigenvalue weighted by atomic mass is 35.5. The van der Waals surface area contributed by atoms with Crippen molar-refractivity contribution in [2.24, 2.45) is 5.92 Å². The number of nitrogens with one attached hydrogen (secondary N) is 2. The lowest BCUT2D eigenvalue weighted by Crippen LogP contribution is -2.42. The fraction of sp³-hybridized carbons (Fsp3) is 0.414. The van der Waals surface area contributed by atoms with E-state index in [9.17, 15) is 14.4 Å². The van der Waals surface area contributed by atoms with E-state index in [-0.39, 0.29) is 35.9 Å². The molecule has 2 N–H and O–H groups in total. The predicted molar refractivity (Wildman–Crippen MR) is 147 cm³/mol. The van der Waals surface area contributed by atoms with E-state index < -0.39 is 5.92 Å². The van der Waals surface area contributed by atoms with Crippen LogP contribution < -0.4 is 10.1 Å². The van der Waals surface area contributed by atoms with E-state index in [1.54, 1.807) is 21.9 Å². The van der Waals surface area contributed by atoms with Crippen LogP contribution in [0, 0.1) is 5.92 Å². The number of hydrogen-bond acceptors (Lipinski definition) is 6. The zero-order chi connectivity index (χ0) is 27.6. The molecule has 2 aromatic heterocycles. The predicted octanol–water partition coefficient (Wildman–Crippen LogP) is 3.23. The van der Waals surface area contributed by atoms with Gasteiger partial charge < -0.3 is 19.9 Å². The van der Waals surface area contributed by atoms with E-state index in [1.165, 1.54) is 6.20 Å². The summed E-state index contributed by atoms with van der Waals surface area (Å²) in [5.74, 6) is -0.0941. The van der Waals surface area contributed by atoms with Crippen molar-refractivity contribution >= 4 is 29.3 Å². The summed E-state index contributed by atoms with van der Waals surface area (Å²) in [5, 5.41) is 10.7. The second kappa shape index (κ2) is 11.3. The van der Waals surface area contributed by atoms with Crippen molar-refractivity contribution in [3.8, 4) is 5.75 Å². The molecule has 1 aromatic carbocycles. The second-order valence-corrected chi connectivity index (χ2v) is 11.1. The number of amides is 3. The maximum absolute atomic E-state index is 13.5. The standard InChI is InChI=1S/C29H31ClN6O4/c30-20-7-8-24(32-15-20)28(38)36-16-22-19-3-1-4-21(13-19)40-12-2-10-35(11-9-31-27(37)23(22)17-36)29(39)26-14-25(33-34-26)18-5-6-18/h1,3-4,7-8,13-15,18,22-23H,2,5-6,9-12,16-17H2,(H,31,37)(H,33,34)/t22-,23+/m1/s1. The Hall–Kier alpha value is -3.92. The molecule has 11 heteroatoms. The van der Waals surface area contributed by atoms with Crippen LogP contribution in [0.4, 0.5) is 0 Å². The van der Waals surface area contributed by atoms with Gasteiger partial charge in [0.1, 0.15) is 17.1 Å². The van der Waals surface area contributed by atoms with Crippen LogP contribution in [0.1, 0.15) is 63.3 Å². The monoisotopic (exact) mass is 562 g/mol. The van der Waals surface area contributed by atoms with Gasteiger partial charge in [0, 0.05) is 56.5 Å². The number of benzene rings is 1. The van der Waals surface area contributed by atoms with Crippen molar-refractivity contribution in [1.29, 1.82) is 0 Å². The number of aromatic amines is 1. The molecule has 40 heavy (non-hydrogen) atoms. The highest BCUT2D eigenvalue weighted by Gasteiger charge is 2.41. The Balaban J connectivity index is 1.21. The molecule has 4 heterocycles. The molecule has 1 saturated carbocycles. The first kappa shape index (κ1) is 26.3. The van der Waals surface area contributed by atoms with Crippen molar-refractivity contribution in [2.75, 3.05) is 39.3 Å². The van der Waals surface area contributed by atoms with Crippen LogP contribution in [0.15, 0.2) is 48.7 Å². The van der Waals surface area contributed by atoms with E-state index in [4.69, 9.17) is 16.3 Å². The molecule has 1 aliphatic carbocycles. The Morgan fingerprint density at radius 3 is 2.60 bits per heavy atom. The first-order chi connectivity index (χ1) is 19.5. The van der Waals surface area contributed by atoms with Crippen LogP contribution >= 0.6 is 11.6 Å². The third-order valence-electron chi connectivity index (χ3n) is 7.82. The normalized spacial score (nSPS) is 21.7. The van der Waals surface area contributed by atoms with Gasteiger partial charge in [0.15, 0.2) is 0 Å². The summed E-state index contributed by atoms with van der Waals surface area (Å²) in [7, 11) is 0. The van der Waals surface area contributed by atoms with E-state index >= 15 is 0 Å².